The zero-order valence-electron chi connectivity index (χ0n) is 11.5. The van der Waals surface area contributed by atoms with Crippen molar-refractivity contribution in [2.75, 3.05) is 13.6 Å². The van der Waals surface area contributed by atoms with Crippen LogP contribution in [0.4, 0.5) is 0 Å². The van der Waals surface area contributed by atoms with E-state index in [-0.39, 0.29) is 0 Å². The van der Waals surface area contributed by atoms with Gasteiger partial charge in [-0.3, -0.25) is 0 Å². The van der Waals surface area contributed by atoms with Gasteiger partial charge in [-0.15, -0.1) is 0 Å². The largest absolute Gasteiger partial charge is 0.387 e. The second kappa shape index (κ2) is 5.12. The number of para-hydroxylation sites is 1. The molecule has 1 unspecified atom stereocenters. The normalized spacial score (nSPS) is 13.4. The summed E-state index contributed by atoms with van der Waals surface area (Å²) in [6.07, 6.45) is -0.467. The maximum atomic E-state index is 10.2. The Labute approximate surface area is 108 Å². The molecule has 0 radical (unpaired) electrons. The average molecular weight is 246 g/mol. The number of likely N-dealkylation sites (N-methyl/N-ethyl adjacent to an activating group) is 1. The van der Waals surface area contributed by atoms with Gasteiger partial charge in [-0.2, -0.15) is 0 Å². The first-order chi connectivity index (χ1) is 8.56. The topological polar surface area (TPSA) is 48.0 Å². The summed E-state index contributed by atoms with van der Waals surface area (Å²) in [7, 11) is 1.85. The van der Waals surface area contributed by atoms with E-state index in [0.717, 1.165) is 22.2 Å². The maximum Gasteiger partial charge on any atom is 0.0937 e. The van der Waals surface area contributed by atoms with Gasteiger partial charge in [0.05, 0.1) is 6.10 Å². The van der Waals surface area contributed by atoms with Crippen LogP contribution >= 0.6 is 0 Å². The van der Waals surface area contributed by atoms with Gasteiger partial charge >= 0.3 is 0 Å². The predicted molar refractivity (Wildman–Crippen MR) is 76.0 cm³/mol. The van der Waals surface area contributed by atoms with Crippen LogP contribution in [0.3, 0.4) is 0 Å². The molecule has 1 atom stereocenters. The number of aromatic nitrogens is 1. The molecule has 0 aliphatic heterocycles. The van der Waals surface area contributed by atoms with Crippen molar-refractivity contribution in [3.63, 3.8) is 0 Å². The highest BCUT2D eigenvalue weighted by Crippen LogP contribution is 2.32. The van der Waals surface area contributed by atoms with Gasteiger partial charge in [0.25, 0.3) is 0 Å². The number of hydrogen-bond donors (Lipinski definition) is 3. The fourth-order valence-electron chi connectivity index (χ4n) is 2.60. The number of nitrogens with one attached hydrogen (secondary N) is 2. The van der Waals surface area contributed by atoms with Crippen LogP contribution in [0, 0.1) is 6.92 Å². The van der Waals surface area contributed by atoms with Gasteiger partial charge in [0.2, 0.25) is 0 Å². The first kappa shape index (κ1) is 13.1. The Morgan fingerprint density at radius 3 is 2.67 bits per heavy atom. The fraction of sp³-hybridized carbons (Fsp3) is 0.467. The number of aliphatic hydroxyl groups is 1. The first-order valence-electron chi connectivity index (χ1n) is 6.50. The molecule has 0 aliphatic rings. The molecular formula is C15H22N2O. The van der Waals surface area contributed by atoms with Gasteiger partial charge in [0, 0.05) is 28.7 Å². The minimum absolute atomic E-state index is 0.467. The lowest BCUT2D eigenvalue weighted by atomic mass is 9.98. The maximum absolute atomic E-state index is 10.2. The molecule has 2 rings (SSSR count). The zero-order valence-corrected chi connectivity index (χ0v) is 11.5. The molecule has 3 nitrogen and oxygen atoms in total. The van der Waals surface area contributed by atoms with Crippen LogP contribution in [-0.2, 0) is 0 Å². The van der Waals surface area contributed by atoms with Crippen molar-refractivity contribution in [2.45, 2.75) is 32.8 Å². The fourth-order valence-corrected chi connectivity index (χ4v) is 2.60. The average Bonchev–Trinajstić information content (AvgIpc) is 2.64. The van der Waals surface area contributed by atoms with Crippen molar-refractivity contribution in [2.24, 2.45) is 0 Å². The molecule has 0 amide bonds. The molecule has 0 saturated carbocycles. The summed E-state index contributed by atoms with van der Waals surface area (Å²) in [6.45, 7) is 6.97. The Bertz CT molecular complexity index is 543. The van der Waals surface area contributed by atoms with Crippen LogP contribution in [0.5, 0.6) is 0 Å². The van der Waals surface area contributed by atoms with Crippen LogP contribution in [-0.4, -0.2) is 23.7 Å². The van der Waals surface area contributed by atoms with Crippen LogP contribution in [0.15, 0.2) is 18.2 Å². The molecule has 0 aliphatic carbocycles. The third kappa shape index (κ3) is 2.16. The van der Waals surface area contributed by atoms with Crippen molar-refractivity contribution in [3.8, 4) is 0 Å². The third-order valence-corrected chi connectivity index (χ3v) is 3.46. The van der Waals surface area contributed by atoms with E-state index in [1.165, 1.54) is 5.56 Å². The smallest absolute Gasteiger partial charge is 0.0937 e. The van der Waals surface area contributed by atoms with Gasteiger partial charge < -0.3 is 15.4 Å². The van der Waals surface area contributed by atoms with Crippen LogP contribution < -0.4 is 5.32 Å². The molecule has 0 fully saturated rings. The first-order valence-corrected chi connectivity index (χ1v) is 6.50. The summed E-state index contributed by atoms with van der Waals surface area (Å²) in [6, 6.07) is 6.30. The molecule has 0 saturated heterocycles. The molecule has 1 aromatic carbocycles. The van der Waals surface area contributed by atoms with Crippen molar-refractivity contribution >= 4 is 10.9 Å². The minimum Gasteiger partial charge on any atom is -0.387 e. The minimum atomic E-state index is -0.467. The molecule has 3 heteroatoms. The van der Waals surface area contributed by atoms with Crippen molar-refractivity contribution in [1.29, 1.82) is 0 Å². The van der Waals surface area contributed by atoms with E-state index in [0.29, 0.717) is 12.5 Å². The molecule has 0 spiro atoms. The number of aryl methyl sites for hydroxylation is 1. The monoisotopic (exact) mass is 246 g/mol. The predicted octanol–water partition coefficient (Wildman–Crippen LogP) is 2.85. The highest BCUT2D eigenvalue weighted by Gasteiger charge is 2.18. The van der Waals surface area contributed by atoms with Gasteiger partial charge in [-0.25, -0.2) is 0 Å². The third-order valence-electron chi connectivity index (χ3n) is 3.46. The van der Waals surface area contributed by atoms with Crippen molar-refractivity contribution in [3.05, 3.63) is 35.0 Å². The Morgan fingerprint density at radius 2 is 2.06 bits per heavy atom. The molecule has 1 aromatic heterocycles. The summed E-state index contributed by atoms with van der Waals surface area (Å²) >= 11 is 0. The van der Waals surface area contributed by atoms with E-state index in [9.17, 15) is 5.11 Å². The summed E-state index contributed by atoms with van der Waals surface area (Å²) in [5, 5.41) is 14.4. The van der Waals surface area contributed by atoms with E-state index in [1.807, 2.05) is 14.0 Å². The number of fused-ring (bicyclic) bond motifs is 1. The summed E-state index contributed by atoms with van der Waals surface area (Å²) in [5.41, 5.74) is 4.54. The second-order valence-corrected chi connectivity index (χ2v) is 5.16. The molecule has 2 aromatic rings. The van der Waals surface area contributed by atoms with E-state index in [1.54, 1.807) is 0 Å². The quantitative estimate of drug-likeness (QED) is 0.777. The SMILES string of the molecule is CNCC(O)c1c(C)[nH]c2c(C(C)C)cccc12. The molecular weight excluding hydrogens is 224 g/mol. The van der Waals surface area contributed by atoms with Gasteiger partial charge in [0.1, 0.15) is 0 Å². The number of H-pyrrole nitrogens is 1. The number of aliphatic hydroxyl groups excluding tert-OH is 1. The zero-order chi connectivity index (χ0) is 13.3. The lowest BCUT2D eigenvalue weighted by Crippen LogP contribution is -2.17. The van der Waals surface area contributed by atoms with Crippen molar-refractivity contribution < 1.29 is 5.11 Å². The molecule has 18 heavy (non-hydrogen) atoms. The molecule has 3 N–H and O–H groups in total. The van der Waals surface area contributed by atoms with Crippen molar-refractivity contribution in [1.82, 2.24) is 10.3 Å². The summed E-state index contributed by atoms with van der Waals surface area (Å²) < 4.78 is 0. The van der Waals surface area contributed by atoms with Gasteiger partial charge in [0.15, 0.2) is 0 Å². The lowest BCUT2D eigenvalue weighted by molar-refractivity contribution is 0.178. The highest BCUT2D eigenvalue weighted by molar-refractivity contribution is 5.88. The molecule has 98 valence electrons. The van der Waals surface area contributed by atoms with Crippen LogP contribution in [0.1, 0.15) is 42.7 Å². The summed E-state index contributed by atoms with van der Waals surface area (Å²) in [4.78, 5) is 3.43. The molecule has 1 heterocycles. The Hall–Kier alpha value is -1.32. The van der Waals surface area contributed by atoms with Gasteiger partial charge in [-0.05, 0) is 25.5 Å². The standard InChI is InChI=1S/C15H22N2O/c1-9(2)11-6-5-7-12-14(13(18)8-16-4)10(3)17-15(11)12/h5-7,9,13,16-18H,8H2,1-4H3. The van der Waals surface area contributed by atoms with E-state index >= 15 is 0 Å². The number of benzene rings is 1. The van der Waals surface area contributed by atoms with E-state index < -0.39 is 6.10 Å². The Kier molecular flexibility index (Phi) is 3.73. The summed E-state index contributed by atoms with van der Waals surface area (Å²) in [5.74, 6) is 0.473. The second-order valence-electron chi connectivity index (χ2n) is 5.16. The lowest BCUT2D eigenvalue weighted by Gasteiger charge is -2.11. The number of aromatic amines is 1. The van der Waals surface area contributed by atoms with E-state index in [2.05, 4.69) is 42.3 Å². The number of hydrogen-bond acceptors (Lipinski definition) is 2. The number of rotatable bonds is 4. The Morgan fingerprint density at radius 1 is 1.33 bits per heavy atom. The van der Waals surface area contributed by atoms with Crippen LogP contribution in [0.2, 0.25) is 0 Å². The Balaban J connectivity index is 2.62. The highest BCUT2D eigenvalue weighted by atomic mass is 16.3. The van der Waals surface area contributed by atoms with Crippen LogP contribution in [0.25, 0.3) is 10.9 Å². The molecule has 0 bridgehead atoms. The van der Waals surface area contributed by atoms with E-state index in [4.69, 9.17) is 0 Å². The van der Waals surface area contributed by atoms with Gasteiger partial charge in [-0.1, -0.05) is 32.0 Å².